The third kappa shape index (κ3) is 3.23. The molecule has 1 amide bonds. The first-order valence-corrected chi connectivity index (χ1v) is 6.75. The number of alkyl halides is 1. The van der Waals surface area contributed by atoms with Crippen molar-refractivity contribution in [3.63, 3.8) is 0 Å². The second-order valence-corrected chi connectivity index (χ2v) is 5.07. The molecule has 1 fully saturated rings. The van der Waals surface area contributed by atoms with E-state index >= 15 is 0 Å². The van der Waals surface area contributed by atoms with Gasteiger partial charge in [-0.2, -0.15) is 0 Å². The van der Waals surface area contributed by atoms with Crippen LogP contribution >= 0.6 is 11.6 Å². The Labute approximate surface area is 116 Å². The number of carbonyl (C=O) groups excluding carboxylic acids is 1. The SMILES string of the molecule is O=C(c1ccc([N+](=O)[O-])cc1)N1CCC(CCCl)C1. The molecule has 0 saturated carbocycles. The number of non-ortho nitro benzene ring substituents is 1. The van der Waals surface area contributed by atoms with Crippen molar-refractivity contribution in [3.8, 4) is 0 Å². The van der Waals surface area contributed by atoms with Crippen molar-refractivity contribution >= 4 is 23.2 Å². The zero-order chi connectivity index (χ0) is 13.8. The molecule has 1 heterocycles. The molecule has 1 aromatic carbocycles. The summed E-state index contributed by atoms with van der Waals surface area (Å²) in [5, 5.41) is 10.6. The highest BCUT2D eigenvalue weighted by Crippen LogP contribution is 2.22. The van der Waals surface area contributed by atoms with Gasteiger partial charge in [0.25, 0.3) is 11.6 Å². The van der Waals surface area contributed by atoms with Crippen LogP contribution in [-0.2, 0) is 0 Å². The van der Waals surface area contributed by atoms with Gasteiger partial charge in [-0.15, -0.1) is 11.6 Å². The van der Waals surface area contributed by atoms with Crippen LogP contribution in [0.4, 0.5) is 5.69 Å². The average Bonchev–Trinajstić information content (AvgIpc) is 2.87. The van der Waals surface area contributed by atoms with Gasteiger partial charge < -0.3 is 4.90 Å². The van der Waals surface area contributed by atoms with Gasteiger partial charge >= 0.3 is 0 Å². The molecule has 1 aromatic rings. The van der Waals surface area contributed by atoms with Crippen LogP contribution in [0.25, 0.3) is 0 Å². The van der Waals surface area contributed by atoms with E-state index in [-0.39, 0.29) is 11.6 Å². The summed E-state index contributed by atoms with van der Waals surface area (Å²) in [5.41, 5.74) is 0.495. The number of hydrogen-bond acceptors (Lipinski definition) is 3. The standard InChI is InChI=1S/C13H15ClN2O3/c14-7-5-10-6-8-15(9-10)13(17)11-1-3-12(4-2-11)16(18)19/h1-4,10H,5-9H2. The van der Waals surface area contributed by atoms with Crippen molar-refractivity contribution in [2.75, 3.05) is 19.0 Å². The van der Waals surface area contributed by atoms with Gasteiger partial charge in [-0.1, -0.05) is 0 Å². The quantitative estimate of drug-likeness (QED) is 0.484. The molecule has 0 aromatic heterocycles. The van der Waals surface area contributed by atoms with Gasteiger partial charge in [-0.05, 0) is 30.9 Å². The number of nitro groups is 1. The number of nitrogens with zero attached hydrogens (tertiary/aromatic N) is 2. The number of nitro benzene ring substituents is 1. The zero-order valence-electron chi connectivity index (χ0n) is 10.4. The van der Waals surface area contributed by atoms with Crippen molar-refractivity contribution in [2.24, 2.45) is 5.92 Å². The number of carbonyl (C=O) groups is 1. The number of amides is 1. The Morgan fingerprint density at radius 2 is 2.11 bits per heavy atom. The summed E-state index contributed by atoms with van der Waals surface area (Å²) in [6.07, 6.45) is 1.90. The van der Waals surface area contributed by atoms with Gasteiger partial charge in [0.15, 0.2) is 0 Å². The number of hydrogen-bond donors (Lipinski definition) is 0. The maximum absolute atomic E-state index is 12.2. The Balaban J connectivity index is 2.02. The minimum absolute atomic E-state index is 0.00186. The number of rotatable bonds is 4. The summed E-state index contributed by atoms with van der Waals surface area (Å²) in [4.78, 5) is 24.1. The van der Waals surface area contributed by atoms with Crippen LogP contribution in [0.2, 0.25) is 0 Å². The second-order valence-electron chi connectivity index (χ2n) is 4.69. The lowest BCUT2D eigenvalue weighted by atomic mass is 10.1. The second kappa shape index (κ2) is 6.02. The molecule has 0 bridgehead atoms. The first-order valence-electron chi connectivity index (χ1n) is 6.21. The molecule has 0 spiro atoms. The molecular formula is C13H15ClN2O3. The summed E-state index contributed by atoms with van der Waals surface area (Å²) in [5.74, 6) is 1.02. The first-order chi connectivity index (χ1) is 9.11. The van der Waals surface area contributed by atoms with E-state index in [1.54, 1.807) is 4.90 Å². The minimum atomic E-state index is -0.472. The molecule has 0 radical (unpaired) electrons. The Hall–Kier alpha value is -1.62. The molecule has 5 nitrogen and oxygen atoms in total. The highest BCUT2D eigenvalue weighted by Gasteiger charge is 2.26. The number of benzene rings is 1. The largest absolute Gasteiger partial charge is 0.338 e. The highest BCUT2D eigenvalue weighted by atomic mass is 35.5. The lowest BCUT2D eigenvalue weighted by Crippen LogP contribution is -2.28. The van der Waals surface area contributed by atoms with E-state index in [2.05, 4.69) is 0 Å². The first kappa shape index (κ1) is 13.8. The van der Waals surface area contributed by atoms with E-state index in [1.807, 2.05) is 0 Å². The Kier molecular flexibility index (Phi) is 4.37. The summed E-state index contributed by atoms with van der Waals surface area (Å²) in [7, 11) is 0. The van der Waals surface area contributed by atoms with Crippen LogP contribution in [0.15, 0.2) is 24.3 Å². The van der Waals surface area contributed by atoms with Crippen molar-refractivity contribution in [2.45, 2.75) is 12.8 Å². The monoisotopic (exact) mass is 282 g/mol. The molecule has 1 saturated heterocycles. The van der Waals surface area contributed by atoms with Crippen LogP contribution in [0.3, 0.4) is 0 Å². The topological polar surface area (TPSA) is 63.4 Å². The Bertz CT molecular complexity index is 475. The molecule has 6 heteroatoms. The Morgan fingerprint density at radius 3 is 2.68 bits per heavy atom. The molecule has 1 atom stereocenters. The molecule has 0 aliphatic carbocycles. The predicted octanol–water partition coefficient (Wildman–Crippen LogP) is 2.69. The molecule has 2 rings (SSSR count). The average molecular weight is 283 g/mol. The van der Waals surface area contributed by atoms with Crippen molar-refractivity contribution in [1.82, 2.24) is 4.90 Å². The molecule has 1 aliphatic rings. The molecule has 102 valence electrons. The van der Waals surface area contributed by atoms with E-state index < -0.39 is 4.92 Å². The lowest BCUT2D eigenvalue weighted by Gasteiger charge is -2.16. The predicted molar refractivity (Wildman–Crippen MR) is 72.4 cm³/mol. The zero-order valence-corrected chi connectivity index (χ0v) is 11.2. The van der Waals surface area contributed by atoms with E-state index in [4.69, 9.17) is 11.6 Å². The maximum atomic E-state index is 12.2. The van der Waals surface area contributed by atoms with Gasteiger partial charge in [0.1, 0.15) is 0 Å². The van der Waals surface area contributed by atoms with Gasteiger partial charge in [0.2, 0.25) is 0 Å². The van der Waals surface area contributed by atoms with Gasteiger partial charge in [-0.3, -0.25) is 14.9 Å². The van der Waals surface area contributed by atoms with Crippen molar-refractivity contribution in [3.05, 3.63) is 39.9 Å². The summed E-state index contributed by atoms with van der Waals surface area (Å²) < 4.78 is 0. The lowest BCUT2D eigenvalue weighted by molar-refractivity contribution is -0.384. The normalized spacial score (nSPS) is 18.6. The van der Waals surface area contributed by atoms with Crippen molar-refractivity contribution < 1.29 is 9.72 Å². The van der Waals surface area contributed by atoms with Crippen molar-refractivity contribution in [1.29, 1.82) is 0 Å². The van der Waals surface area contributed by atoms with E-state index in [9.17, 15) is 14.9 Å². The maximum Gasteiger partial charge on any atom is 0.269 e. The highest BCUT2D eigenvalue weighted by molar-refractivity contribution is 6.17. The smallest absolute Gasteiger partial charge is 0.269 e. The van der Waals surface area contributed by atoms with Crippen LogP contribution in [0.1, 0.15) is 23.2 Å². The van der Waals surface area contributed by atoms with Gasteiger partial charge in [-0.25, -0.2) is 0 Å². The minimum Gasteiger partial charge on any atom is -0.338 e. The number of halogens is 1. The Morgan fingerprint density at radius 1 is 1.42 bits per heavy atom. The van der Waals surface area contributed by atoms with Crippen LogP contribution in [0.5, 0.6) is 0 Å². The molecular weight excluding hydrogens is 268 g/mol. The van der Waals surface area contributed by atoms with Gasteiger partial charge in [0.05, 0.1) is 4.92 Å². The number of likely N-dealkylation sites (tertiary alicyclic amines) is 1. The fourth-order valence-corrected chi connectivity index (χ4v) is 2.62. The fourth-order valence-electron chi connectivity index (χ4n) is 2.32. The fraction of sp³-hybridized carbons (Fsp3) is 0.462. The summed E-state index contributed by atoms with van der Waals surface area (Å²) in [6, 6.07) is 5.74. The third-order valence-corrected chi connectivity index (χ3v) is 3.63. The summed E-state index contributed by atoms with van der Waals surface area (Å²) in [6.45, 7) is 1.46. The van der Waals surface area contributed by atoms with Crippen LogP contribution in [0, 0.1) is 16.0 Å². The van der Waals surface area contributed by atoms with Gasteiger partial charge in [0, 0.05) is 36.7 Å². The third-order valence-electron chi connectivity index (χ3n) is 3.42. The summed E-state index contributed by atoms with van der Waals surface area (Å²) >= 11 is 5.71. The van der Waals surface area contributed by atoms with E-state index in [0.717, 1.165) is 25.9 Å². The van der Waals surface area contributed by atoms with Crippen LogP contribution in [-0.4, -0.2) is 34.7 Å². The molecule has 1 unspecified atom stereocenters. The van der Waals surface area contributed by atoms with Crippen LogP contribution < -0.4 is 0 Å². The molecule has 19 heavy (non-hydrogen) atoms. The molecule has 0 N–H and O–H groups in total. The molecule has 1 aliphatic heterocycles. The van der Waals surface area contributed by atoms with E-state index in [1.165, 1.54) is 24.3 Å². The van der Waals surface area contributed by atoms with E-state index in [0.29, 0.717) is 17.4 Å².